The van der Waals surface area contributed by atoms with Gasteiger partial charge in [-0.25, -0.2) is 13.1 Å². The number of rotatable bonds is 3. The zero-order valence-corrected chi connectivity index (χ0v) is 10.1. The Labute approximate surface area is 102 Å². The van der Waals surface area contributed by atoms with Gasteiger partial charge in [-0.2, -0.15) is 18.4 Å². The molecule has 0 heterocycles. The van der Waals surface area contributed by atoms with E-state index in [0.717, 1.165) is 19.2 Å². The minimum atomic E-state index is -4.66. The SMILES string of the molecule is CNS(=O)(=O)c1cc(CC#N)cc(C(F)(F)F)c1. The molecule has 4 nitrogen and oxygen atoms in total. The summed E-state index contributed by atoms with van der Waals surface area (Å²) in [7, 11) is -2.88. The van der Waals surface area contributed by atoms with Gasteiger partial charge in [0, 0.05) is 0 Å². The number of benzene rings is 1. The van der Waals surface area contributed by atoms with Crippen molar-refractivity contribution in [1.29, 1.82) is 5.26 Å². The van der Waals surface area contributed by atoms with Gasteiger partial charge in [0.25, 0.3) is 0 Å². The molecule has 0 aliphatic carbocycles. The second-order valence-electron chi connectivity index (χ2n) is 3.41. The highest BCUT2D eigenvalue weighted by Gasteiger charge is 2.32. The lowest BCUT2D eigenvalue weighted by Crippen LogP contribution is -2.19. The smallest absolute Gasteiger partial charge is 0.214 e. The molecule has 0 bridgehead atoms. The Kier molecular flexibility index (Phi) is 3.98. The minimum Gasteiger partial charge on any atom is -0.214 e. The molecular weight excluding hydrogens is 269 g/mol. The summed E-state index contributed by atoms with van der Waals surface area (Å²) in [4.78, 5) is -0.509. The van der Waals surface area contributed by atoms with Gasteiger partial charge in [-0.1, -0.05) is 0 Å². The Morgan fingerprint density at radius 3 is 2.39 bits per heavy atom. The van der Waals surface area contributed by atoms with Crippen LogP contribution in [0.4, 0.5) is 13.2 Å². The zero-order chi connectivity index (χ0) is 14.0. The van der Waals surface area contributed by atoms with Gasteiger partial charge in [0.15, 0.2) is 0 Å². The molecule has 0 amide bonds. The van der Waals surface area contributed by atoms with Crippen LogP contribution in [0.2, 0.25) is 0 Å². The Morgan fingerprint density at radius 1 is 1.33 bits per heavy atom. The van der Waals surface area contributed by atoms with Gasteiger partial charge >= 0.3 is 6.18 Å². The lowest BCUT2D eigenvalue weighted by Gasteiger charge is -2.11. The van der Waals surface area contributed by atoms with E-state index in [-0.39, 0.29) is 12.0 Å². The van der Waals surface area contributed by atoms with Crippen molar-refractivity contribution >= 4 is 10.0 Å². The number of hydrogen-bond donors (Lipinski definition) is 1. The van der Waals surface area contributed by atoms with E-state index in [2.05, 4.69) is 0 Å². The third-order valence-corrected chi connectivity index (χ3v) is 3.55. The van der Waals surface area contributed by atoms with Gasteiger partial charge in [0.05, 0.1) is 22.9 Å². The van der Waals surface area contributed by atoms with Crippen LogP contribution in [0.5, 0.6) is 0 Å². The van der Waals surface area contributed by atoms with Crippen molar-refractivity contribution in [1.82, 2.24) is 4.72 Å². The summed E-state index contributed by atoms with van der Waals surface area (Å²) in [5, 5.41) is 8.47. The molecule has 1 N–H and O–H groups in total. The van der Waals surface area contributed by atoms with Crippen molar-refractivity contribution in [2.24, 2.45) is 0 Å². The van der Waals surface area contributed by atoms with Crippen LogP contribution in [-0.2, 0) is 22.6 Å². The maximum absolute atomic E-state index is 12.6. The molecule has 0 saturated heterocycles. The summed E-state index contributed by atoms with van der Waals surface area (Å²) in [6.45, 7) is 0. The Morgan fingerprint density at radius 2 is 1.94 bits per heavy atom. The van der Waals surface area contributed by atoms with Gasteiger partial charge in [-0.3, -0.25) is 0 Å². The molecule has 0 unspecified atom stereocenters. The Balaban J connectivity index is 3.47. The second kappa shape index (κ2) is 4.96. The van der Waals surface area contributed by atoms with Gasteiger partial charge < -0.3 is 0 Å². The molecule has 0 aliphatic heterocycles. The lowest BCUT2D eigenvalue weighted by molar-refractivity contribution is -0.137. The molecule has 0 atom stereocenters. The zero-order valence-electron chi connectivity index (χ0n) is 9.25. The molecular formula is C10H9F3N2O2S. The van der Waals surface area contributed by atoms with Crippen LogP contribution in [-0.4, -0.2) is 15.5 Å². The van der Waals surface area contributed by atoms with Crippen molar-refractivity contribution in [3.05, 3.63) is 29.3 Å². The predicted molar refractivity (Wildman–Crippen MR) is 57.0 cm³/mol. The van der Waals surface area contributed by atoms with Gasteiger partial charge in [0.1, 0.15) is 0 Å². The fourth-order valence-electron chi connectivity index (χ4n) is 1.29. The summed E-state index contributed by atoms with van der Waals surface area (Å²) in [6, 6.07) is 4.02. The molecule has 0 aliphatic rings. The molecule has 1 aromatic rings. The highest BCUT2D eigenvalue weighted by atomic mass is 32.2. The van der Waals surface area contributed by atoms with Crippen LogP contribution in [0.3, 0.4) is 0 Å². The molecule has 8 heteroatoms. The number of nitrogens with one attached hydrogen (secondary N) is 1. The third-order valence-electron chi connectivity index (χ3n) is 2.16. The standard InChI is InChI=1S/C10H9F3N2O2S/c1-15-18(16,17)9-5-7(2-3-14)4-8(6-9)10(11,12)13/h4-6,15H,2H2,1H3. The molecule has 18 heavy (non-hydrogen) atoms. The van der Waals surface area contributed by atoms with Crippen LogP contribution < -0.4 is 4.72 Å². The molecule has 0 radical (unpaired) electrons. The summed E-state index contributed by atoms with van der Waals surface area (Å²) in [5.41, 5.74) is -1.09. The highest BCUT2D eigenvalue weighted by molar-refractivity contribution is 7.89. The second-order valence-corrected chi connectivity index (χ2v) is 5.29. The van der Waals surface area contributed by atoms with Crippen LogP contribution in [0.25, 0.3) is 0 Å². The van der Waals surface area contributed by atoms with Crippen LogP contribution >= 0.6 is 0 Å². The van der Waals surface area contributed by atoms with Gasteiger partial charge in [-0.05, 0) is 30.8 Å². The predicted octanol–water partition coefficient (Wildman–Crippen LogP) is 1.68. The normalized spacial score (nSPS) is 12.2. The maximum Gasteiger partial charge on any atom is 0.416 e. The lowest BCUT2D eigenvalue weighted by atomic mass is 10.1. The number of halogens is 3. The van der Waals surface area contributed by atoms with Crippen molar-refractivity contribution in [2.45, 2.75) is 17.5 Å². The first-order valence-corrected chi connectivity index (χ1v) is 6.20. The van der Waals surface area contributed by atoms with E-state index < -0.39 is 26.7 Å². The van der Waals surface area contributed by atoms with E-state index >= 15 is 0 Å². The van der Waals surface area contributed by atoms with Crippen molar-refractivity contribution in [3.63, 3.8) is 0 Å². The van der Waals surface area contributed by atoms with E-state index in [1.54, 1.807) is 6.07 Å². The number of alkyl halides is 3. The Bertz CT molecular complexity index is 588. The Hall–Kier alpha value is -1.59. The first-order valence-electron chi connectivity index (χ1n) is 4.72. The fourth-order valence-corrected chi connectivity index (χ4v) is 2.12. The van der Waals surface area contributed by atoms with E-state index in [1.165, 1.54) is 0 Å². The van der Waals surface area contributed by atoms with Crippen molar-refractivity contribution < 1.29 is 21.6 Å². The summed E-state index contributed by atoms with van der Waals surface area (Å²) in [5.74, 6) is 0. The molecule has 98 valence electrons. The first kappa shape index (κ1) is 14.5. The van der Waals surface area contributed by atoms with Gasteiger partial charge in [-0.15, -0.1) is 0 Å². The molecule has 0 spiro atoms. The van der Waals surface area contributed by atoms with Gasteiger partial charge in [0.2, 0.25) is 10.0 Å². The van der Waals surface area contributed by atoms with Crippen LogP contribution in [0.1, 0.15) is 11.1 Å². The molecule has 0 aromatic heterocycles. The largest absolute Gasteiger partial charge is 0.416 e. The van der Waals surface area contributed by atoms with E-state index in [1.807, 2.05) is 4.72 Å². The molecule has 0 saturated carbocycles. The molecule has 1 rings (SSSR count). The highest BCUT2D eigenvalue weighted by Crippen LogP contribution is 2.31. The van der Waals surface area contributed by atoms with Crippen molar-refractivity contribution in [3.8, 4) is 6.07 Å². The number of nitriles is 1. The summed E-state index contributed by atoms with van der Waals surface area (Å²) in [6.07, 6.45) is -4.96. The average molecular weight is 278 g/mol. The van der Waals surface area contributed by atoms with E-state index in [0.29, 0.717) is 6.07 Å². The number of hydrogen-bond acceptors (Lipinski definition) is 3. The molecule has 0 fully saturated rings. The summed E-state index contributed by atoms with van der Waals surface area (Å²) < 4.78 is 62.6. The number of sulfonamides is 1. The molecule has 1 aromatic carbocycles. The van der Waals surface area contributed by atoms with E-state index in [4.69, 9.17) is 5.26 Å². The number of nitrogens with zero attached hydrogens (tertiary/aromatic N) is 1. The quantitative estimate of drug-likeness (QED) is 0.914. The average Bonchev–Trinajstić information content (AvgIpc) is 2.28. The topological polar surface area (TPSA) is 70.0 Å². The third kappa shape index (κ3) is 3.21. The monoisotopic (exact) mass is 278 g/mol. The fraction of sp³-hybridized carbons (Fsp3) is 0.300. The van der Waals surface area contributed by atoms with E-state index in [9.17, 15) is 21.6 Å². The first-order chi connectivity index (χ1) is 8.20. The summed E-state index contributed by atoms with van der Waals surface area (Å²) >= 11 is 0. The van der Waals surface area contributed by atoms with Crippen LogP contribution in [0.15, 0.2) is 23.1 Å². The van der Waals surface area contributed by atoms with Crippen LogP contribution in [0, 0.1) is 11.3 Å². The van der Waals surface area contributed by atoms with Crippen molar-refractivity contribution in [2.75, 3.05) is 7.05 Å². The maximum atomic E-state index is 12.6. The minimum absolute atomic E-state index is 0.00106.